The molecule has 0 saturated heterocycles. The van der Waals surface area contributed by atoms with Crippen molar-refractivity contribution in [2.24, 2.45) is 0 Å². The first-order chi connectivity index (χ1) is 13.1. The van der Waals surface area contributed by atoms with Crippen molar-refractivity contribution in [3.8, 4) is 0 Å². The normalized spacial score (nSPS) is 13.3. The van der Waals surface area contributed by atoms with Crippen molar-refractivity contribution in [3.63, 3.8) is 0 Å². The van der Waals surface area contributed by atoms with Crippen molar-refractivity contribution < 1.29 is 4.79 Å². The number of halogens is 2. The van der Waals surface area contributed by atoms with E-state index in [0.29, 0.717) is 27.2 Å². The molecule has 0 radical (unpaired) electrons. The number of nitrogens with zero attached hydrogens (tertiary/aromatic N) is 1. The zero-order chi connectivity index (χ0) is 18.8. The fourth-order valence-electron chi connectivity index (χ4n) is 3.36. The molecular weight excluding hydrogens is 399 g/mol. The quantitative estimate of drug-likeness (QED) is 0.552. The highest BCUT2D eigenvalue weighted by atomic mass is 35.5. The largest absolute Gasteiger partial charge is 0.298 e. The number of carbonyl (C=O) groups is 1. The van der Waals surface area contributed by atoms with E-state index in [1.54, 1.807) is 18.3 Å². The van der Waals surface area contributed by atoms with E-state index in [4.69, 9.17) is 23.2 Å². The van der Waals surface area contributed by atoms with Gasteiger partial charge in [0.2, 0.25) is 0 Å². The van der Waals surface area contributed by atoms with E-state index >= 15 is 0 Å². The predicted octanol–water partition coefficient (Wildman–Crippen LogP) is 6.17. The first-order valence-electron chi connectivity index (χ1n) is 8.90. The molecule has 1 amide bonds. The average molecular weight is 417 g/mol. The van der Waals surface area contributed by atoms with E-state index in [2.05, 4.69) is 16.4 Å². The Morgan fingerprint density at radius 2 is 1.89 bits per heavy atom. The molecule has 2 aromatic carbocycles. The lowest BCUT2D eigenvalue weighted by Crippen LogP contribution is -2.13. The Kier molecular flexibility index (Phi) is 5.48. The molecule has 1 N–H and O–H groups in total. The van der Waals surface area contributed by atoms with Crippen molar-refractivity contribution in [3.05, 3.63) is 79.8 Å². The molecule has 0 aliphatic heterocycles. The minimum atomic E-state index is -0.120. The number of aromatic nitrogens is 1. The summed E-state index contributed by atoms with van der Waals surface area (Å²) in [5.74, 6) is -0.120. The third kappa shape index (κ3) is 4.34. The van der Waals surface area contributed by atoms with Crippen LogP contribution in [0, 0.1) is 0 Å². The van der Waals surface area contributed by atoms with Crippen molar-refractivity contribution in [2.75, 3.05) is 5.32 Å². The van der Waals surface area contributed by atoms with E-state index in [1.165, 1.54) is 35.3 Å². The Morgan fingerprint density at radius 3 is 2.74 bits per heavy atom. The second kappa shape index (κ2) is 8.01. The van der Waals surface area contributed by atoms with Crippen LogP contribution in [0.5, 0.6) is 0 Å². The molecule has 0 spiro atoms. The van der Waals surface area contributed by atoms with E-state index < -0.39 is 0 Å². The smallest absolute Gasteiger partial charge is 0.257 e. The number of hydrogen-bond donors (Lipinski definition) is 1. The van der Waals surface area contributed by atoms with Crippen LogP contribution in [0.3, 0.4) is 0 Å². The van der Waals surface area contributed by atoms with Gasteiger partial charge in [0.15, 0.2) is 5.13 Å². The zero-order valence-corrected chi connectivity index (χ0v) is 16.9. The van der Waals surface area contributed by atoms with Gasteiger partial charge in [-0.2, -0.15) is 0 Å². The number of carbonyl (C=O) groups excluding carboxylic acids is 1. The van der Waals surface area contributed by atoms with Crippen LogP contribution in [0.25, 0.3) is 0 Å². The maximum atomic E-state index is 12.6. The molecule has 0 unspecified atom stereocenters. The summed E-state index contributed by atoms with van der Waals surface area (Å²) in [6, 6.07) is 11.4. The van der Waals surface area contributed by atoms with Gasteiger partial charge in [0, 0.05) is 33.1 Å². The fraction of sp³-hybridized carbons (Fsp3) is 0.238. The lowest BCUT2D eigenvalue weighted by Gasteiger charge is -2.16. The Bertz CT molecular complexity index is 1000. The van der Waals surface area contributed by atoms with Gasteiger partial charge in [0.1, 0.15) is 0 Å². The van der Waals surface area contributed by atoms with Crippen molar-refractivity contribution in [1.29, 1.82) is 0 Å². The molecular formula is C21H18Cl2N2OS. The first-order valence-corrected chi connectivity index (χ1v) is 10.5. The van der Waals surface area contributed by atoms with Crippen LogP contribution in [0.4, 0.5) is 5.13 Å². The summed E-state index contributed by atoms with van der Waals surface area (Å²) < 4.78 is 0. The highest BCUT2D eigenvalue weighted by molar-refractivity contribution is 7.15. The Hall–Kier alpha value is -1.88. The molecule has 1 aliphatic rings. The summed E-state index contributed by atoms with van der Waals surface area (Å²) in [6.07, 6.45) is 6.99. The molecule has 0 saturated carbocycles. The monoisotopic (exact) mass is 416 g/mol. The van der Waals surface area contributed by atoms with E-state index in [9.17, 15) is 4.79 Å². The number of nitrogens with one attached hydrogen (secondary N) is 1. The molecule has 0 atom stereocenters. The number of anilines is 1. The number of fused-ring (bicyclic) bond motifs is 1. The Balaban J connectivity index is 1.46. The number of benzene rings is 2. The topological polar surface area (TPSA) is 42.0 Å². The van der Waals surface area contributed by atoms with Crippen LogP contribution in [0.15, 0.2) is 42.6 Å². The molecule has 27 heavy (non-hydrogen) atoms. The van der Waals surface area contributed by atoms with Gasteiger partial charge in [0.05, 0.1) is 0 Å². The molecule has 0 fully saturated rings. The summed E-state index contributed by atoms with van der Waals surface area (Å²) in [7, 11) is 0. The summed E-state index contributed by atoms with van der Waals surface area (Å²) in [5, 5.41) is 4.82. The van der Waals surface area contributed by atoms with Crippen LogP contribution in [0.2, 0.25) is 10.0 Å². The molecule has 138 valence electrons. The second-order valence-electron chi connectivity index (χ2n) is 6.69. The van der Waals surface area contributed by atoms with Gasteiger partial charge in [-0.15, -0.1) is 11.3 Å². The molecule has 6 heteroatoms. The highest BCUT2D eigenvalue weighted by Crippen LogP contribution is 2.27. The highest BCUT2D eigenvalue weighted by Gasteiger charge is 2.14. The minimum Gasteiger partial charge on any atom is -0.298 e. The lowest BCUT2D eigenvalue weighted by atomic mass is 9.90. The molecule has 0 bridgehead atoms. The molecule has 1 heterocycles. The van der Waals surface area contributed by atoms with Crippen LogP contribution in [-0.2, 0) is 19.3 Å². The average Bonchev–Trinajstić information content (AvgIpc) is 3.11. The van der Waals surface area contributed by atoms with Crippen LogP contribution in [0.1, 0.15) is 44.8 Å². The number of rotatable bonds is 4. The third-order valence-corrected chi connectivity index (χ3v) is 6.27. The fourth-order valence-corrected chi connectivity index (χ4v) is 4.57. The lowest BCUT2D eigenvalue weighted by molar-refractivity contribution is 0.102. The third-order valence-electron chi connectivity index (χ3n) is 4.76. The maximum absolute atomic E-state index is 12.6. The minimum absolute atomic E-state index is 0.120. The summed E-state index contributed by atoms with van der Waals surface area (Å²) in [6.45, 7) is 0. The molecule has 4 rings (SSSR count). The molecule has 1 aromatic heterocycles. The number of hydrogen-bond acceptors (Lipinski definition) is 3. The Labute approximate surface area is 172 Å². The Morgan fingerprint density at radius 1 is 1.07 bits per heavy atom. The van der Waals surface area contributed by atoms with Crippen LogP contribution >= 0.6 is 34.5 Å². The van der Waals surface area contributed by atoms with E-state index in [-0.39, 0.29) is 5.91 Å². The van der Waals surface area contributed by atoms with Crippen molar-refractivity contribution in [1.82, 2.24) is 4.98 Å². The summed E-state index contributed by atoms with van der Waals surface area (Å²) in [4.78, 5) is 17.9. The van der Waals surface area contributed by atoms with Gasteiger partial charge < -0.3 is 0 Å². The number of aryl methyl sites for hydroxylation is 2. The molecule has 3 aromatic rings. The second-order valence-corrected chi connectivity index (χ2v) is 8.65. The van der Waals surface area contributed by atoms with E-state index in [0.717, 1.165) is 23.3 Å². The van der Waals surface area contributed by atoms with E-state index in [1.807, 2.05) is 18.2 Å². The van der Waals surface area contributed by atoms with Crippen molar-refractivity contribution in [2.45, 2.75) is 32.1 Å². The van der Waals surface area contributed by atoms with Crippen molar-refractivity contribution >= 4 is 45.6 Å². The van der Waals surface area contributed by atoms with Gasteiger partial charge in [-0.3, -0.25) is 10.1 Å². The number of amides is 1. The summed E-state index contributed by atoms with van der Waals surface area (Å²) >= 11 is 13.7. The van der Waals surface area contributed by atoms with Gasteiger partial charge in [-0.05, 0) is 72.7 Å². The number of thiazole rings is 1. The molecule has 1 aliphatic carbocycles. The van der Waals surface area contributed by atoms with Gasteiger partial charge in [0.25, 0.3) is 5.91 Å². The zero-order valence-electron chi connectivity index (χ0n) is 14.6. The maximum Gasteiger partial charge on any atom is 0.257 e. The predicted molar refractivity (Wildman–Crippen MR) is 112 cm³/mol. The van der Waals surface area contributed by atoms with Gasteiger partial charge in [-0.25, -0.2) is 4.98 Å². The standard InChI is InChI=1S/C21H18Cl2N2OS/c22-17-7-8-19(23)16(10-17)11-18-12-24-21(27-18)25-20(26)15-6-5-13-3-1-2-4-14(13)9-15/h5-10,12H,1-4,11H2,(H,24,25,26). The van der Waals surface area contributed by atoms with Crippen LogP contribution < -0.4 is 5.32 Å². The van der Waals surface area contributed by atoms with Gasteiger partial charge >= 0.3 is 0 Å². The van der Waals surface area contributed by atoms with Gasteiger partial charge in [-0.1, -0.05) is 29.3 Å². The molecule has 3 nitrogen and oxygen atoms in total. The summed E-state index contributed by atoms with van der Waals surface area (Å²) in [5.41, 5.74) is 4.29. The first kappa shape index (κ1) is 18.5. The van der Waals surface area contributed by atoms with Crippen LogP contribution in [-0.4, -0.2) is 10.9 Å². The SMILES string of the molecule is O=C(Nc1ncc(Cc2cc(Cl)ccc2Cl)s1)c1ccc2c(c1)CCCC2.